The lowest BCUT2D eigenvalue weighted by molar-refractivity contribution is -0.121. The molecule has 3 nitrogen and oxygen atoms in total. The molecule has 4 aromatic rings. The van der Waals surface area contributed by atoms with Gasteiger partial charge in [0, 0.05) is 5.69 Å². The number of hydrogen-bond donors (Lipinski definition) is 1. The lowest BCUT2D eigenvalue weighted by Crippen LogP contribution is -2.44. The average Bonchev–Trinajstić information content (AvgIpc) is 2.86. The molecule has 0 aliphatic heterocycles. The summed E-state index contributed by atoms with van der Waals surface area (Å²) in [6, 6.07) is 38.0. The Hall–Kier alpha value is -3.85. The molecule has 4 aromatic carbocycles. The van der Waals surface area contributed by atoms with Crippen molar-refractivity contribution in [3.8, 4) is 5.75 Å². The highest BCUT2D eigenvalue weighted by Crippen LogP contribution is 2.34. The standard InChI is InChI=1S/C29H27NO2/c1-32-27-19-17-26(18-20-27)30-28(31)29(25-15-9-4-10-16-25,21-23-11-5-2-6-12-23)22-24-13-7-3-8-14-24/h2-20H,21-22H2,1H3,(H,30,31). The molecule has 0 spiro atoms. The maximum atomic E-state index is 14.1. The van der Waals surface area contributed by atoms with Gasteiger partial charge in [0.05, 0.1) is 12.5 Å². The second-order valence-electron chi connectivity index (χ2n) is 7.96. The van der Waals surface area contributed by atoms with Gasteiger partial charge in [-0.1, -0.05) is 91.0 Å². The first kappa shape index (κ1) is 21.4. The fourth-order valence-corrected chi connectivity index (χ4v) is 4.13. The van der Waals surface area contributed by atoms with E-state index in [4.69, 9.17) is 4.74 Å². The highest BCUT2D eigenvalue weighted by molar-refractivity contribution is 5.99. The molecule has 0 bridgehead atoms. The highest BCUT2D eigenvalue weighted by atomic mass is 16.5. The molecule has 0 atom stereocenters. The zero-order chi connectivity index (χ0) is 22.2. The summed E-state index contributed by atoms with van der Waals surface area (Å²) in [6.45, 7) is 0. The lowest BCUT2D eigenvalue weighted by atomic mass is 9.70. The fraction of sp³-hybridized carbons (Fsp3) is 0.138. The van der Waals surface area contributed by atoms with Crippen LogP contribution in [0.1, 0.15) is 16.7 Å². The van der Waals surface area contributed by atoms with E-state index in [1.54, 1.807) is 7.11 Å². The number of carbonyl (C=O) groups excluding carboxylic acids is 1. The molecular weight excluding hydrogens is 394 g/mol. The van der Waals surface area contributed by atoms with Crippen LogP contribution >= 0.6 is 0 Å². The van der Waals surface area contributed by atoms with Crippen molar-refractivity contribution < 1.29 is 9.53 Å². The van der Waals surface area contributed by atoms with Crippen molar-refractivity contribution in [2.24, 2.45) is 0 Å². The molecule has 1 N–H and O–H groups in total. The number of rotatable bonds is 8. The van der Waals surface area contributed by atoms with Gasteiger partial charge in [0.2, 0.25) is 5.91 Å². The van der Waals surface area contributed by atoms with Gasteiger partial charge in [-0.05, 0) is 53.8 Å². The molecule has 4 rings (SSSR count). The predicted molar refractivity (Wildman–Crippen MR) is 130 cm³/mol. The minimum atomic E-state index is -0.774. The lowest BCUT2D eigenvalue weighted by Gasteiger charge is -2.34. The van der Waals surface area contributed by atoms with E-state index in [0.717, 1.165) is 28.1 Å². The van der Waals surface area contributed by atoms with E-state index in [-0.39, 0.29) is 5.91 Å². The van der Waals surface area contributed by atoms with Crippen LogP contribution in [-0.2, 0) is 23.1 Å². The van der Waals surface area contributed by atoms with Crippen LogP contribution in [0.25, 0.3) is 0 Å². The molecule has 1 amide bonds. The van der Waals surface area contributed by atoms with Crippen molar-refractivity contribution in [2.45, 2.75) is 18.3 Å². The minimum absolute atomic E-state index is 0.0263. The number of carbonyl (C=O) groups is 1. The van der Waals surface area contributed by atoms with Crippen LogP contribution in [0.4, 0.5) is 5.69 Å². The van der Waals surface area contributed by atoms with Gasteiger partial charge in [-0.25, -0.2) is 0 Å². The van der Waals surface area contributed by atoms with E-state index in [0.29, 0.717) is 12.8 Å². The first-order valence-corrected chi connectivity index (χ1v) is 10.8. The second-order valence-corrected chi connectivity index (χ2v) is 7.96. The summed E-state index contributed by atoms with van der Waals surface area (Å²) in [5.41, 5.74) is 3.22. The van der Waals surface area contributed by atoms with Crippen molar-refractivity contribution in [3.05, 3.63) is 132 Å². The van der Waals surface area contributed by atoms with E-state index in [2.05, 4.69) is 41.7 Å². The van der Waals surface area contributed by atoms with Crippen molar-refractivity contribution in [1.82, 2.24) is 0 Å². The van der Waals surface area contributed by atoms with Crippen molar-refractivity contribution in [1.29, 1.82) is 0 Å². The largest absolute Gasteiger partial charge is 0.497 e. The van der Waals surface area contributed by atoms with Crippen molar-refractivity contribution >= 4 is 11.6 Å². The topological polar surface area (TPSA) is 38.3 Å². The normalized spacial score (nSPS) is 11.0. The molecule has 0 heterocycles. The second kappa shape index (κ2) is 9.97. The van der Waals surface area contributed by atoms with Crippen molar-refractivity contribution in [2.75, 3.05) is 12.4 Å². The maximum absolute atomic E-state index is 14.1. The molecule has 160 valence electrons. The molecule has 0 aliphatic rings. The van der Waals surface area contributed by atoms with E-state index in [9.17, 15) is 4.79 Å². The Morgan fingerprint density at radius 3 is 1.62 bits per heavy atom. The number of anilines is 1. The van der Waals surface area contributed by atoms with E-state index >= 15 is 0 Å². The fourth-order valence-electron chi connectivity index (χ4n) is 4.13. The summed E-state index contributed by atoms with van der Waals surface area (Å²) in [5.74, 6) is 0.729. The Bertz CT molecular complexity index is 1080. The first-order valence-electron chi connectivity index (χ1n) is 10.8. The van der Waals surface area contributed by atoms with Crippen molar-refractivity contribution in [3.63, 3.8) is 0 Å². The van der Waals surface area contributed by atoms with Crippen LogP contribution in [0.15, 0.2) is 115 Å². The van der Waals surface area contributed by atoms with Crippen LogP contribution in [0.3, 0.4) is 0 Å². The molecule has 0 aromatic heterocycles. The Balaban J connectivity index is 1.78. The SMILES string of the molecule is COc1ccc(NC(=O)C(Cc2ccccc2)(Cc2ccccc2)c2ccccc2)cc1. The molecular formula is C29H27NO2. The third-order valence-electron chi connectivity index (χ3n) is 5.81. The van der Waals surface area contributed by atoms with Gasteiger partial charge in [-0.2, -0.15) is 0 Å². The van der Waals surface area contributed by atoms with Gasteiger partial charge in [-0.3, -0.25) is 4.79 Å². The number of methoxy groups -OCH3 is 1. The molecule has 0 radical (unpaired) electrons. The van der Waals surface area contributed by atoms with Gasteiger partial charge in [-0.15, -0.1) is 0 Å². The summed E-state index contributed by atoms with van der Waals surface area (Å²) in [6.07, 6.45) is 1.18. The third-order valence-corrected chi connectivity index (χ3v) is 5.81. The molecule has 3 heteroatoms. The van der Waals surface area contributed by atoms with E-state index < -0.39 is 5.41 Å². The van der Waals surface area contributed by atoms with Gasteiger partial charge in [0.15, 0.2) is 0 Å². The summed E-state index contributed by atoms with van der Waals surface area (Å²) >= 11 is 0. The maximum Gasteiger partial charge on any atom is 0.235 e. The number of amides is 1. The smallest absolute Gasteiger partial charge is 0.235 e. The quantitative estimate of drug-likeness (QED) is 0.376. The minimum Gasteiger partial charge on any atom is -0.497 e. The van der Waals surface area contributed by atoms with Crippen LogP contribution in [0, 0.1) is 0 Å². The summed E-state index contributed by atoms with van der Waals surface area (Å²) < 4.78 is 5.26. The average molecular weight is 422 g/mol. The summed E-state index contributed by atoms with van der Waals surface area (Å²) in [5, 5.41) is 3.18. The van der Waals surface area contributed by atoms with Gasteiger partial charge >= 0.3 is 0 Å². The monoisotopic (exact) mass is 421 g/mol. The number of hydrogen-bond acceptors (Lipinski definition) is 2. The van der Waals surface area contributed by atoms with Crippen LogP contribution in [0.5, 0.6) is 5.75 Å². The van der Waals surface area contributed by atoms with Gasteiger partial charge in [0.25, 0.3) is 0 Å². The molecule has 0 fully saturated rings. The molecule has 0 unspecified atom stereocenters. The molecule has 0 aliphatic carbocycles. The summed E-state index contributed by atoms with van der Waals surface area (Å²) in [7, 11) is 1.63. The van der Waals surface area contributed by atoms with Crippen LogP contribution in [0.2, 0.25) is 0 Å². The highest BCUT2D eigenvalue weighted by Gasteiger charge is 2.40. The first-order chi connectivity index (χ1) is 15.7. The predicted octanol–water partition coefficient (Wildman–Crippen LogP) is 6.06. The van der Waals surface area contributed by atoms with Gasteiger partial charge in [0.1, 0.15) is 5.75 Å². The number of nitrogens with one attached hydrogen (secondary N) is 1. The molecule has 0 saturated carbocycles. The molecule has 32 heavy (non-hydrogen) atoms. The Kier molecular flexibility index (Phi) is 6.66. The van der Waals surface area contributed by atoms with Crippen LogP contribution < -0.4 is 10.1 Å². The van der Waals surface area contributed by atoms with Gasteiger partial charge < -0.3 is 10.1 Å². The number of ether oxygens (including phenoxy) is 1. The third kappa shape index (κ3) is 4.89. The zero-order valence-corrected chi connectivity index (χ0v) is 18.2. The zero-order valence-electron chi connectivity index (χ0n) is 18.2. The van der Waals surface area contributed by atoms with E-state index in [1.807, 2.05) is 78.9 Å². The Labute approximate surface area is 189 Å². The Morgan fingerprint density at radius 1 is 0.688 bits per heavy atom. The Morgan fingerprint density at radius 2 is 1.16 bits per heavy atom. The molecule has 0 saturated heterocycles. The number of benzene rings is 4. The van der Waals surface area contributed by atoms with E-state index in [1.165, 1.54) is 0 Å². The van der Waals surface area contributed by atoms with Crippen LogP contribution in [-0.4, -0.2) is 13.0 Å². The summed E-state index contributed by atoms with van der Waals surface area (Å²) in [4.78, 5) is 14.1.